The Balaban J connectivity index is 1.53. The molecule has 106 valence electrons. The summed E-state index contributed by atoms with van der Waals surface area (Å²) in [5.41, 5.74) is 0.789. The Labute approximate surface area is 119 Å². The van der Waals surface area contributed by atoms with Crippen LogP contribution in [0.25, 0.3) is 0 Å². The molecule has 1 fully saturated rings. The van der Waals surface area contributed by atoms with E-state index in [4.69, 9.17) is 4.42 Å². The molecule has 1 aliphatic heterocycles. The topological polar surface area (TPSA) is 49.5 Å². The summed E-state index contributed by atoms with van der Waals surface area (Å²) in [4.78, 5) is 6.63. The lowest BCUT2D eigenvalue weighted by Crippen LogP contribution is -2.35. The van der Waals surface area contributed by atoms with E-state index in [1.54, 1.807) is 12.5 Å². The Morgan fingerprint density at radius 1 is 1.25 bits per heavy atom. The quantitative estimate of drug-likeness (QED) is 0.929. The molecule has 0 aromatic carbocycles. The fourth-order valence-corrected chi connectivity index (χ4v) is 2.84. The zero-order valence-electron chi connectivity index (χ0n) is 11.5. The molecule has 0 bridgehead atoms. The molecule has 2 aromatic rings. The van der Waals surface area contributed by atoms with Crippen LogP contribution in [0.3, 0.4) is 0 Å². The van der Waals surface area contributed by atoms with Crippen LogP contribution in [-0.4, -0.2) is 28.1 Å². The maximum atomic E-state index is 10.4. The Morgan fingerprint density at radius 2 is 2.10 bits per heavy atom. The summed E-state index contributed by atoms with van der Waals surface area (Å²) < 4.78 is 5.38. The fraction of sp³-hybridized carbons (Fsp3) is 0.438. The molecule has 1 saturated heterocycles. The van der Waals surface area contributed by atoms with Crippen LogP contribution in [-0.2, 0) is 6.54 Å². The normalized spacial score (nSPS) is 19.1. The van der Waals surface area contributed by atoms with E-state index in [1.165, 1.54) is 0 Å². The van der Waals surface area contributed by atoms with Crippen molar-refractivity contribution >= 4 is 0 Å². The van der Waals surface area contributed by atoms with E-state index < -0.39 is 6.10 Å². The van der Waals surface area contributed by atoms with E-state index in [-0.39, 0.29) is 0 Å². The second-order valence-corrected chi connectivity index (χ2v) is 5.39. The number of aliphatic hydroxyl groups excluding tert-OH is 1. The van der Waals surface area contributed by atoms with Gasteiger partial charge in [-0.25, -0.2) is 0 Å². The van der Waals surface area contributed by atoms with E-state index in [0.29, 0.717) is 5.92 Å². The highest BCUT2D eigenvalue weighted by Gasteiger charge is 2.27. The SMILES string of the molecule is OC(c1ccccn1)C1CCN(Cc2ccco2)CC1. The van der Waals surface area contributed by atoms with Crippen LogP contribution < -0.4 is 0 Å². The number of hydrogen-bond acceptors (Lipinski definition) is 4. The summed E-state index contributed by atoms with van der Waals surface area (Å²) >= 11 is 0. The molecule has 1 unspecified atom stereocenters. The number of nitrogens with zero attached hydrogens (tertiary/aromatic N) is 2. The highest BCUT2D eigenvalue weighted by atomic mass is 16.3. The molecular formula is C16H20N2O2. The summed E-state index contributed by atoms with van der Waals surface area (Å²) in [5.74, 6) is 1.31. The number of furan rings is 1. The number of piperidine rings is 1. The van der Waals surface area contributed by atoms with Crippen LogP contribution in [0.15, 0.2) is 47.2 Å². The van der Waals surface area contributed by atoms with Gasteiger partial charge in [0, 0.05) is 6.20 Å². The number of pyridine rings is 1. The fourth-order valence-electron chi connectivity index (χ4n) is 2.84. The van der Waals surface area contributed by atoms with Crippen molar-refractivity contribution in [2.24, 2.45) is 5.92 Å². The van der Waals surface area contributed by atoms with Gasteiger partial charge in [-0.1, -0.05) is 6.07 Å². The summed E-state index contributed by atoms with van der Waals surface area (Å²) in [6.45, 7) is 2.85. The zero-order chi connectivity index (χ0) is 13.8. The van der Waals surface area contributed by atoms with Gasteiger partial charge in [0.1, 0.15) is 5.76 Å². The first-order valence-electron chi connectivity index (χ1n) is 7.16. The highest BCUT2D eigenvalue weighted by molar-refractivity contribution is 5.08. The van der Waals surface area contributed by atoms with Crippen LogP contribution in [0, 0.1) is 5.92 Å². The second-order valence-electron chi connectivity index (χ2n) is 5.39. The Hall–Kier alpha value is -1.65. The maximum absolute atomic E-state index is 10.4. The van der Waals surface area contributed by atoms with Crippen molar-refractivity contribution in [1.82, 2.24) is 9.88 Å². The van der Waals surface area contributed by atoms with E-state index in [1.807, 2.05) is 30.3 Å². The van der Waals surface area contributed by atoms with E-state index >= 15 is 0 Å². The molecule has 0 aliphatic carbocycles. The average molecular weight is 272 g/mol. The van der Waals surface area contributed by atoms with Crippen molar-refractivity contribution in [3.8, 4) is 0 Å². The molecule has 2 aromatic heterocycles. The van der Waals surface area contributed by atoms with Gasteiger partial charge < -0.3 is 9.52 Å². The minimum absolute atomic E-state index is 0.303. The third-order valence-corrected chi connectivity index (χ3v) is 4.03. The Morgan fingerprint density at radius 3 is 2.75 bits per heavy atom. The van der Waals surface area contributed by atoms with E-state index in [2.05, 4.69) is 9.88 Å². The van der Waals surface area contributed by atoms with Gasteiger partial charge in [0.25, 0.3) is 0 Å². The predicted molar refractivity (Wildman–Crippen MR) is 75.9 cm³/mol. The van der Waals surface area contributed by atoms with Crippen molar-refractivity contribution < 1.29 is 9.52 Å². The molecule has 0 radical (unpaired) electrons. The van der Waals surface area contributed by atoms with Gasteiger partial charge in [-0.05, 0) is 56.1 Å². The lowest BCUT2D eigenvalue weighted by Gasteiger charge is -2.33. The van der Waals surface area contributed by atoms with Gasteiger partial charge in [0.2, 0.25) is 0 Å². The lowest BCUT2D eigenvalue weighted by molar-refractivity contribution is 0.0522. The van der Waals surface area contributed by atoms with Crippen molar-refractivity contribution in [2.75, 3.05) is 13.1 Å². The zero-order valence-corrected chi connectivity index (χ0v) is 11.5. The number of likely N-dealkylation sites (tertiary alicyclic amines) is 1. The average Bonchev–Trinajstić information content (AvgIpc) is 3.01. The van der Waals surface area contributed by atoms with Crippen LogP contribution in [0.2, 0.25) is 0 Å². The molecule has 1 aliphatic rings. The Kier molecular flexibility index (Phi) is 4.14. The number of aromatic nitrogens is 1. The summed E-state index contributed by atoms with van der Waals surface area (Å²) in [5, 5.41) is 10.4. The minimum atomic E-state index is -0.443. The lowest BCUT2D eigenvalue weighted by atomic mass is 9.89. The molecule has 0 saturated carbocycles. The maximum Gasteiger partial charge on any atom is 0.117 e. The van der Waals surface area contributed by atoms with Gasteiger partial charge in [-0.15, -0.1) is 0 Å². The van der Waals surface area contributed by atoms with E-state index in [9.17, 15) is 5.11 Å². The van der Waals surface area contributed by atoms with Crippen molar-refractivity contribution in [3.05, 3.63) is 54.2 Å². The molecule has 0 spiro atoms. The molecule has 1 N–H and O–H groups in total. The number of hydrogen-bond donors (Lipinski definition) is 1. The third kappa shape index (κ3) is 3.08. The summed E-state index contributed by atoms with van der Waals surface area (Å²) in [6, 6.07) is 9.64. The molecular weight excluding hydrogens is 252 g/mol. The van der Waals surface area contributed by atoms with Crippen molar-refractivity contribution in [3.63, 3.8) is 0 Å². The molecule has 0 amide bonds. The minimum Gasteiger partial charge on any atom is -0.468 e. The van der Waals surface area contributed by atoms with Crippen LogP contribution >= 0.6 is 0 Å². The van der Waals surface area contributed by atoms with Crippen molar-refractivity contribution in [2.45, 2.75) is 25.5 Å². The standard InChI is InChI=1S/C16H20N2O2/c19-16(15-5-1-2-8-17-15)13-6-9-18(10-7-13)12-14-4-3-11-20-14/h1-5,8,11,13,16,19H,6-7,9-10,12H2. The first-order chi connectivity index (χ1) is 9.83. The first kappa shape index (κ1) is 13.3. The number of aliphatic hydroxyl groups is 1. The van der Waals surface area contributed by atoms with Crippen molar-refractivity contribution in [1.29, 1.82) is 0 Å². The Bertz CT molecular complexity index is 505. The third-order valence-electron chi connectivity index (χ3n) is 4.03. The van der Waals surface area contributed by atoms with Crippen LogP contribution in [0.4, 0.5) is 0 Å². The molecule has 3 heterocycles. The molecule has 3 rings (SSSR count). The predicted octanol–water partition coefficient (Wildman–Crippen LogP) is 2.62. The second kappa shape index (κ2) is 6.20. The molecule has 20 heavy (non-hydrogen) atoms. The van der Waals surface area contributed by atoms with Gasteiger partial charge in [-0.3, -0.25) is 9.88 Å². The van der Waals surface area contributed by atoms with Gasteiger partial charge in [-0.2, -0.15) is 0 Å². The largest absolute Gasteiger partial charge is 0.468 e. The van der Waals surface area contributed by atoms with Gasteiger partial charge in [0.05, 0.1) is 24.6 Å². The van der Waals surface area contributed by atoms with Crippen LogP contribution in [0.1, 0.15) is 30.4 Å². The monoisotopic (exact) mass is 272 g/mol. The summed E-state index contributed by atoms with van der Waals surface area (Å²) in [7, 11) is 0. The highest BCUT2D eigenvalue weighted by Crippen LogP contribution is 2.30. The molecule has 4 heteroatoms. The van der Waals surface area contributed by atoms with E-state index in [0.717, 1.165) is 43.9 Å². The number of rotatable bonds is 4. The van der Waals surface area contributed by atoms with Gasteiger partial charge >= 0.3 is 0 Å². The molecule has 1 atom stereocenters. The first-order valence-corrected chi connectivity index (χ1v) is 7.16. The molecule has 4 nitrogen and oxygen atoms in total. The van der Waals surface area contributed by atoms with Crippen LogP contribution in [0.5, 0.6) is 0 Å². The summed E-state index contributed by atoms with van der Waals surface area (Å²) in [6.07, 6.45) is 5.01. The van der Waals surface area contributed by atoms with Gasteiger partial charge in [0.15, 0.2) is 0 Å². The smallest absolute Gasteiger partial charge is 0.117 e.